The van der Waals surface area contributed by atoms with Gasteiger partial charge in [0.1, 0.15) is 11.5 Å². The summed E-state index contributed by atoms with van der Waals surface area (Å²) in [6.07, 6.45) is 4.21. The lowest BCUT2D eigenvalue weighted by Gasteiger charge is -2.22. The second-order valence-corrected chi connectivity index (χ2v) is 7.33. The van der Waals surface area contributed by atoms with Crippen molar-refractivity contribution in [1.82, 2.24) is 0 Å². The SMILES string of the molecule is CCCOC(=O)[C@@H]1[C@H]2C(=O)N(c3ccc(Cl)c(C)c3)C[C@]23C=C[C@H]1O3. The van der Waals surface area contributed by atoms with Crippen molar-refractivity contribution in [2.75, 3.05) is 18.1 Å². The van der Waals surface area contributed by atoms with Crippen molar-refractivity contribution in [3.8, 4) is 0 Å². The van der Waals surface area contributed by atoms with Crippen molar-refractivity contribution >= 4 is 29.2 Å². The molecule has 132 valence electrons. The maximum atomic E-state index is 13.1. The van der Waals surface area contributed by atoms with Gasteiger partial charge in [0, 0.05) is 10.7 Å². The molecule has 1 aromatic carbocycles. The van der Waals surface area contributed by atoms with E-state index in [-0.39, 0.29) is 18.0 Å². The molecule has 3 heterocycles. The summed E-state index contributed by atoms with van der Waals surface area (Å²) in [6.45, 7) is 4.61. The summed E-state index contributed by atoms with van der Waals surface area (Å²) in [6, 6.07) is 5.50. The van der Waals surface area contributed by atoms with Crippen LogP contribution in [-0.2, 0) is 19.1 Å². The third kappa shape index (κ3) is 2.41. The van der Waals surface area contributed by atoms with E-state index in [0.717, 1.165) is 17.7 Å². The first kappa shape index (κ1) is 16.6. The van der Waals surface area contributed by atoms with Crippen molar-refractivity contribution < 1.29 is 19.1 Å². The van der Waals surface area contributed by atoms with Gasteiger partial charge in [-0.15, -0.1) is 0 Å². The van der Waals surface area contributed by atoms with Gasteiger partial charge in [-0.1, -0.05) is 30.7 Å². The summed E-state index contributed by atoms with van der Waals surface area (Å²) < 4.78 is 11.4. The summed E-state index contributed by atoms with van der Waals surface area (Å²) in [5.74, 6) is -1.53. The maximum Gasteiger partial charge on any atom is 0.312 e. The van der Waals surface area contributed by atoms with Gasteiger partial charge < -0.3 is 14.4 Å². The molecule has 0 radical (unpaired) electrons. The number of fused-ring (bicyclic) bond motifs is 1. The van der Waals surface area contributed by atoms with Crippen LogP contribution in [0, 0.1) is 18.8 Å². The molecule has 2 bridgehead atoms. The Kier molecular flexibility index (Phi) is 3.89. The first-order chi connectivity index (χ1) is 12.0. The lowest BCUT2D eigenvalue weighted by Crippen LogP contribution is -2.40. The Morgan fingerprint density at radius 2 is 2.28 bits per heavy atom. The van der Waals surface area contributed by atoms with Crippen molar-refractivity contribution in [2.45, 2.75) is 32.0 Å². The average molecular weight is 362 g/mol. The molecule has 1 spiro atoms. The van der Waals surface area contributed by atoms with Crippen LogP contribution in [-0.4, -0.2) is 36.7 Å². The zero-order chi connectivity index (χ0) is 17.8. The van der Waals surface area contributed by atoms with E-state index in [9.17, 15) is 9.59 Å². The minimum Gasteiger partial charge on any atom is -0.465 e. The first-order valence-corrected chi connectivity index (χ1v) is 8.96. The van der Waals surface area contributed by atoms with Gasteiger partial charge >= 0.3 is 5.97 Å². The minimum atomic E-state index is -0.731. The second-order valence-electron chi connectivity index (χ2n) is 6.93. The van der Waals surface area contributed by atoms with Crippen LogP contribution in [0.4, 0.5) is 5.69 Å². The van der Waals surface area contributed by atoms with Crippen molar-refractivity contribution in [3.05, 3.63) is 40.9 Å². The lowest BCUT2D eigenvalue weighted by molar-refractivity contribution is -0.152. The van der Waals surface area contributed by atoms with E-state index < -0.39 is 17.4 Å². The highest BCUT2D eigenvalue weighted by molar-refractivity contribution is 6.31. The second kappa shape index (κ2) is 5.85. The summed E-state index contributed by atoms with van der Waals surface area (Å²) in [5.41, 5.74) is 0.948. The number of anilines is 1. The fraction of sp³-hybridized carbons (Fsp3) is 0.474. The Morgan fingerprint density at radius 1 is 1.48 bits per heavy atom. The Hall–Kier alpha value is -1.85. The van der Waals surface area contributed by atoms with Gasteiger partial charge in [0.15, 0.2) is 0 Å². The van der Waals surface area contributed by atoms with Crippen LogP contribution in [0.3, 0.4) is 0 Å². The largest absolute Gasteiger partial charge is 0.465 e. The molecule has 5 nitrogen and oxygen atoms in total. The number of rotatable bonds is 4. The van der Waals surface area contributed by atoms with Gasteiger partial charge in [-0.3, -0.25) is 9.59 Å². The molecule has 1 aromatic rings. The van der Waals surface area contributed by atoms with Gasteiger partial charge in [-0.25, -0.2) is 0 Å². The fourth-order valence-electron chi connectivity index (χ4n) is 4.08. The highest BCUT2D eigenvalue weighted by Crippen LogP contribution is 2.53. The van der Waals surface area contributed by atoms with Gasteiger partial charge in [0.25, 0.3) is 0 Å². The van der Waals surface area contributed by atoms with E-state index >= 15 is 0 Å². The first-order valence-electron chi connectivity index (χ1n) is 8.58. The number of esters is 1. The lowest BCUT2D eigenvalue weighted by atomic mass is 9.77. The monoisotopic (exact) mass is 361 g/mol. The number of ether oxygens (including phenoxy) is 2. The van der Waals surface area contributed by atoms with E-state index in [0.29, 0.717) is 18.2 Å². The standard InChI is InChI=1S/C19H20ClNO4/c1-3-8-24-18(23)15-14-6-7-19(25-14)10-21(17(22)16(15)19)12-4-5-13(20)11(2)9-12/h4-7,9,14-16H,3,8,10H2,1-2H3/t14-,15+,16+,19-/m1/s1. The quantitative estimate of drug-likeness (QED) is 0.611. The summed E-state index contributed by atoms with van der Waals surface area (Å²) in [5, 5.41) is 0.659. The maximum absolute atomic E-state index is 13.1. The molecule has 0 saturated carbocycles. The molecule has 0 aromatic heterocycles. The fourth-order valence-corrected chi connectivity index (χ4v) is 4.20. The Balaban J connectivity index is 1.65. The number of halogens is 1. The number of hydrogen-bond donors (Lipinski definition) is 0. The minimum absolute atomic E-state index is 0.0907. The molecule has 3 aliphatic heterocycles. The normalized spacial score (nSPS) is 32.4. The zero-order valence-corrected chi connectivity index (χ0v) is 15.0. The smallest absolute Gasteiger partial charge is 0.312 e. The number of nitrogens with zero attached hydrogens (tertiary/aromatic N) is 1. The van der Waals surface area contributed by atoms with Gasteiger partial charge in [-0.2, -0.15) is 0 Å². The van der Waals surface area contributed by atoms with Crippen LogP contribution in [0.5, 0.6) is 0 Å². The molecule has 1 amide bonds. The van der Waals surface area contributed by atoms with E-state index in [1.54, 1.807) is 11.0 Å². The summed E-state index contributed by atoms with van der Waals surface area (Å²) in [4.78, 5) is 27.3. The van der Waals surface area contributed by atoms with Crippen LogP contribution < -0.4 is 4.90 Å². The van der Waals surface area contributed by atoms with E-state index in [4.69, 9.17) is 21.1 Å². The summed E-state index contributed by atoms with van der Waals surface area (Å²) >= 11 is 6.09. The summed E-state index contributed by atoms with van der Waals surface area (Å²) in [7, 11) is 0. The third-order valence-corrected chi connectivity index (χ3v) is 5.70. The van der Waals surface area contributed by atoms with E-state index in [2.05, 4.69) is 0 Å². The molecule has 25 heavy (non-hydrogen) atoms. The van der Waals surface area contributed by atoms with Gasteiger partial charge in [0.05, 0.1) is 25.2 Å². The Morgan fingerprint density at radius 3 is 3.00 bits per heavy atom. The van der Waals surface area contributed by atoms with Crippen LogP contribution in [0.25, 0.3) is 0 Å². The number of benzene rings is 1. The highest BCUT2D eigenvalue weighted by Gasteiger charge is 2.67. The van der Waals surface area contributed by atoms with Crippen LogP contribution in [0.1, 0.15) is 18.9 Å². The van der Waals surface area contributed by atoms with E-state index in [1.165, 1.54) is 0 Å². The van der Waals surface area contributed by atoms with Crippen LogP contribution in [0.2, 0.25) is 5.02 Å². The van der Waals surface area contributed by atoms with Crippen molar-refractivity contribution in [1.29, 1.82) is 0 Å². The molecular weight excluding hydrogens is 342 g/mol. The highest BCUT2D eigenvalue weighted by atomic mass is 35.5. The molecule has 6 heteroatoms. The molecule has 0 aliphatic carbocycles. The number of hydrogen-bond acceptors (Lipinski definition) is 4. The van der Waals surface area contributed by atoms with Crippen molar-refractivity contribution in [2.24, 2.45) is 11.8 Å². The molecule has 0 N–H and O–H groups in total. The Bertz CT molecular complexity index is 777. The van der Waals surface area contributed by atoms with Gasteiger partial charge in [-0.05, 0) is 37.1 Å². The van der Waals surface area contributed by atoms with E-state index in [1.807, 2.05) is 38.1 Å². The topological polar surface area (TPSA) is 55.8 Å². The van der Waals surface area contributed by atoms with Crippen molar-refractivity contribution in [3.63, 3.8) is 0 Å². The predicted molar refractivity (Wildman–Crippen MR) is 93.5 cm³/mol. The molecule has 2 fully saturated rings. The third-order valence-electron chi connectivity index (χ3n) is 5.27. The Labute approximate surface area is 151 Å². The molecule has 4 rings (SSSR count). The number of amides is 1. The molecule has 3 aliphatic rings. The average Bonchev–Trinajstić information content (AvgIpc) is 3.23. The van der Waals surface area contributed by atoms with Crippen LogP contribution >= 0.6 is 11.6 Å². The molecule has 4 atom stereocenters. The zero-order valence-electron chi connectivity index (χ0n) is 14.2. The number of carbonyl (C=O) groups excluding carboxylic acids is 2. The number of carbonyl (C=O) groups is 2. The van der Waals surface area contributed by atoms with Gasteiger partial charge in [0.2, 0.25) is 5.91 Å². The number of aryl methyl sites for hydroxylation is 1. The molecule has 0 unspecified atom stereocenters. The van der Waals surface area contributed by atoms with Crippen LogP contribution in [0.15, 0.2) is 30.4 Å². The molecule has 2 saturated heterocycles. The molecular formula is C19H20ClNO4. The predicted octanol–water partition coefficient (Wildman–Crippen LogP) is 2.89.